The Labute approximate surface area is 120 Å². The summed E-state index contributed by atoms with van der Waals surface area (Å²) >= 11 is 0. The van der Waals surface area contributed by atoms with Crippen LogP contribution in [0.2, 0.25) is 0 Å². The van der Waals surface area contributed by atoms with Crippen LogP contribution in [0.1, 0.15) is 29.9 Å². The molecule has 0 amide bonds. The quantitative estimate of drug-likeness (QED) is 0.888. The molecule has 2 nitrogen and oxygen atoms in total. The number of ether oxygens (including phenoxy) is 1. The maximum absolute atomic E-state index is 5.30. The molecule has 0 bridgehead atoms. The zero-order valence-electron chi connectivity index (χ0n) is 12.1. The molecule has 1 fully saturated rings. The smallest absolute Gasteiger partial charge is 0.119 e. The number of nitrogens with one attached hydrogen (secondary N) is 1. The molecular formula is C18H21NO. The van der Waals surface area contributed by atoms with E-state index in [-0.39, 0.29) is 0 Å². The average molecular weight is 267 g/mol. The molecule has 1 aliphatic carbocycles. The summed E-state index contributed by atoms with van der Waals surface area (Å²) in [7, 11) is 1.72. The summed E-state index contributed by atoms with van der Waals surface area (Å²) in [6, 6.07) is 17.5. The van der Waals surface area contributed by atoms with Crippen molar-refractivity contribution in [1.82, 2.24) is 0 Å². The van der Waals surface area contributed by atoms with Gasteiger partial charge in [0, 0.05) is 11.7 Å². The number of rotatable bonds is 4. The molecule has 0 aromatic heterocycles. The third-order valence-corrected chi connectivity index (χ3v) is 4.21. The van der Waals surface area contributed by atoms with Crippen LogP contribution < -0.4 is 10.1 Å². The fourth-order valence-electron chi connectivity index (χ4n) is 2.86. The predicted octanol–water partition coefficient (Wildman–Crippen LogP) is 4.36. The summed E-state index contributed by atoms with van der Waals surface area (Å²) in [5.74, 6) is 1.62. The van der Waals surface area contributed by atoms with Crippen molar-refractivity contribution in [3.63, 3.8) is 0 Å². The Morgan fingerprint density at radius 1 is 1.05 bits per heavy atom. The second-order valence-corrected chi connectivity index (χ2v) is 5.60. The van der Waals surface area contributed by atoms with Crippen molar-refractivity contribution in [2.45, 2.75) is 31.7 Å². The van der Waals surface area contributed by atoms with E-state index < -0.39 is 0 Å². The van der Waals surface area contributed by atoms with Gasteiger partial charge in [-0.05, 0) is 55.0 Å². The number of para-hydroxylation sites is 1. The normalized spacial score (nSPS) is 21.1. The van der Waals surface area contributed by atoms with Crippen LogP contribution in [0.3, 0.4) is 0 Å². The third kappa shape index (κ3) is 2.64. The number of hydrogen-bond acceptors (Lipinski definition) is 2. The highest BCUT2D eigenvalue weighted by molar-refractivity contribution is 5.51. The standard InChI is InChI=1S/C18H21NO/c1-13-6-3-4-9-18(13)19-16-10-15(11-16)14-7-5-8-17(12-14)20-2/h3-9,12,15-16,19H,10-11H2,1-2H3. The van der Waals surface area contributed by atoms with Crippen LogP contribution in [0.25, 0.3) is 0 Å². The molecule has 2 aromatic rings. The Kier molecular flexibility index (Phi) is 3.64. The molecule has 0 aliphatic heterocycles. The summed E-state index contributed by atoms with van der Waals surface area (Å²) in [4.78, 5) is 0. The van der Waals surface area contributed by atoms with Crippen LogP contribution in [-0.4, -0.2) is 13.2 Å². The molecule has 0 unspecified atom stereocenters. The van der Waals surface area contributed by atoms with Gasteiger partial charge in [0.25, 0.3) is 0 Å². The Hall–Kier alpha value is -1.96. The van der Waals surface area contributed by atoms with Crippen LogP contribution in [0.5, 0.6) is 5.75 Å². The highest BCUT2D eigenvalue weighted by atomic mass is 16.5. The first-order valence-corrected chi connectivity index (χ1v) is 7.22. The topological polar surface area (TPSA) is 21.3 Å². The zero-order chi connectivity index (χ0) is 13.9. The van der Waals surface area contributed by atoms with Crippen LogP contribution in [0, 0.1) is 6.92 Å². The van der Waals surface area contributed by atoms with Gasteiger partial charge >= 0.3 is 0 Å². The van der Waals surface area contributed by atoms with Gasteiger partial charge in [-0.25, -0.2) is 0 Å². The molecule has 0 radical (unpaired) electrons. The van der Waals surface area contributed by atoms with Gasteiger partial charge in [0.15, 0.2) is 0 Å². The Bertz CT molecular complexity index is 587. The Morgan fingerprint density at radius 2 is 1.85 bits per heavy atom. The first kappa shape index (κ1) is 13.0. The van der Waals surface area contributed by atoms with Crippen molar-refractivity contribution < 1.29 is 4.74 Å². The largest absolute Gasteiger partial charge is 0.497 e. The molecule has 0 saturated heterocycles. The lowest BCUT2D eigenvalue weighted by Gasteiger charge is -2.37. The molecule has 0 heterocycles. The summed E-state index contributed by atoms with van der Waals surface area (Å²) in [6.45, 7) is 2.15. The number of methoxy groups -OCH3 is 1. The lowest BCUT2D eigenvalue weighted by Crippen LogP contribution is -2.34. The molecule has 0 atom stereocenters. The zero-order valence-corrected chi connectivity index (χ0v) is 12.1. The molecule has 104 valence electrons. The van der Waals surface area contributed by atoms with Gasteiger partial charge in [0.05, 0.1) is 7.11 Å². The Balaban J connectivity index is 1.60. The van der Waals surface area contributed by atoms with Crippen molar-refractivity contribution in [2.75, 3.05) is 12.4 Å². The number of aryl methyl sites for hydroxylation is 1. The Morgan fingerprint density at radius 3 is 2.60 bits per heavy atom. The van der Waals surface area contributed by atoms with Crippen LogP contribution in [0.4, 0.5) is 5.69 Å². The number of hydrogen-bond donors (Lipinski definition) is 1. The predicted molar refractivity (Wildman–Crippen MR) is 83.6 cm³/mol. The van der Waals surface area contributed by atoms with E-state index in [9.17, 15) is 0 Å². The van der Waals surface area contributed by atoms with Crippen molar-refractivity contribution in [2.24, 2.45) is 0 Å². The summed E-state index contributed by atoms with van der Waals surface area (Å²) in [6.07, 6.45) is 2.39. The lowest BCUT2D eigenvalue weighted by molar-refractivity contribution is 0.370. The van der Waals surface area contributed by atoms with Gasteiger partial charge in [-0.2, -0.15) is 0 Å². The van der Waals surface area contributed by atoms with Crippen molar-refractivity contribution in [3.8, 4) is 5.75 Å². The summed E-state index contributed by atoms with van der Waals surface area (Å²) in [5.41, 5.74) is 3.98. The van der Waals surface area contributed by atoms with Gasteiger partial charge in [-0.15, -0.1) is 0 Å². The number of anilines is 1. The van der Waals surface area contributed by atoms with Crippen molar-refractivity contribution in [1.29, 1.82) is 0 Å². The molecule has 1 N–H and O–H groups in total. The monoisotopic (exact) mass is 267 g/mol. The molecule has 0 spiro atoms. The van der Waals surface area contributed by atoms with E-state index in [1.54, 1.807) is 7.11 Å². The minimum atomic E-state index is 0.590. The molecule has 3 rings (SSSR count). The first-order chi connectivity index (χ1) is 9.76. The SMILES string of the molecule is COc1cccc(C2CC(Nc3ccccc3C)C2)c1. The van der Waals surface area contributed by atoms with E-state index in [0.29, 0.717) is 12.0 Å². The molecule has 1 saturated carbocycles. The van der Waals surface area contributed by atoms with E-state index in [4.69, 9.17) is 4.74 Å². The molecule has 2 aromatic carbocycles. The van der Waals surface area contributed by atoms with Gasteiger partial charge in [0.1, 0.15) is 5.75 Å². The molecule has 20 heavy (non-hydrogen) atoms. The highest BCUT2D eigenvalue weighted by Crippen LogP contribution is 2.39. The number of benzene rings is 2. The first-order valence-electron chi connectivity index (χ1n) is 7.22. The maximum atomic E-state index is 5.30. The minimum Gasteiger partial charge on any atom is -0.497 e. The molecule has 2 heteroatoms. The average Bonchev–Trinajstić information content (AvgIpc) is 2.44. The molecular weight excluding hydrogens is 246 g/mol. The van der Waals surface area contributed by atoms with E-state index >= 15 is 0 Å². The van der Waals surface area contributed by atoms with Gasteiger partial charge in [0.2, 0.25) is 0 Å². The second kappa shape index (κ2) is 5.58. The minimum absolute atomic E-state index is 0.590. The fraction of sp³-hybridized carbons (Fsp3) is 0.333. The third-order valence-electron chi connectivity index (χ3n) is 4.21. The lowest BCUT2D eigenvalue weighted by atomic mass is 9.75. The van der Waals surface area contributed by atoms with E-state index in [0.717, 1.165) is 5.75 Å². The summed E-state index contributed by atoms with van der Waals surface area (Å²) in [5, 5.41) is 3.64. The molecule has 1 aliphatic rings. The van der Waals surface area contributed by atoms with Gasteiger partial charge in [-0.1, -0.05) is 30.3 Å². The van der Waals surface area contributed by atoms with Gasteiger partial charge < -0.3 is 10.1 Å². The van der Waals surface area contributed by atoms with Gasteiger partial charge in [-0.3, -0.25) is 0 Å². The second-order valence-electron chi connectivity index (χ2n) is 5.60. The van der Waals surface area contributed by atoms with E-state index in [1.165, 1.54) is 29.7 Å². The van der Waals surface area contributed by atoms with Crippen molar-refractivity contribution >= 4 is 5.69 Å². The van der Waals surface area contributed by atoms with Crippen LogP contribution >= 0.6 is 0 Å². The van der Waals surface area contributed by atoms with Crippen LogP contribution in [-0.2, 0) is 0 Å². The summed E-state index contributed by atoms with van der Waals surface area (Å²) < 4.78 is 5.30. The van der Waals surface area contributed by atoms with Crippen molar-refractivity contribution in [3.05, 3.63) is 59.7 Å². The highest BCUT2D eigenvalue weighted by Gasteiger charge is 2.30. The maximum Gasteiger partial charge on any atom is 0.119 e. The fourth-order valence-corrected chi connectivity index (χ4v) is 2.86. The van der Waals surface area contributed by atoms with E-state index in [1.807, 2.05) is 6.07 Å². The van der Waals surface area contributed by atoms with Crippen LogP contribution in [0.15, 0.2) is 48.5 Å². The van der Waals surface area contributed by atoms with E-state index in [2.05, 4.69) is 54.7 Å².